The van der Waals surface area contributed by atoms with Crippen molar-refractivity contribution in [2.75, 3.05) is 36.5 Å². The summed E-state index contributed by atoms with van der Waals surface area (Å²) in [6.07, 6.45) is 3.47. The zero-order chi connectivity index (χ0) is 23.5. The van der Waals surface area contributed by atoms with Crippen molar-refractivity contribution in [3.8, 4) is 11.3 Å². The van der Waals surface area contributed by atoms with Crippen LogP contribution in [0.1, 0.15) is 18.5 Å². The lowest BCUT2D eigenvalue weighted by atomic mass is 10.1. The van der Waals surface area contributed by atoms with E-state index in [0.29, 0.717) is 19.0 Å². The number of nitrogens with one attached hydrogen (secondary N) is 3. The predicted octanol–water partition coefficient (Wildman–Crippen LogP) is 3.88. The number of H-pyrrole nitrogens is 1. The number of urea groups is 1. The first kappa shape index (κ1) is 21.8. The maximum absolute atomic E-state index is 13.1. The van der Waals surface area contributed by atoms with Crippen LogP contribution < -0.4 is 15.5 Å². The highest BCUT2D eigenvalue weighted by molar-refractivity contribution is 5.95. The molecule has 1 saturated heterocycles. The van der Waals surface area contributed by atoms with E-state index in [9.17, 15) is 9.18 Å². The quantitative estimate of drug-likeness (QED) is 0.416. The Balaban J connectivity index is 1.27. The van der Waals surface area contributed by atoms with Crippen LogP contribution in [0.5, 0.6) is 0 Å². The summed E-state index contributed by atoms with van der Waals surface area (Å²) >= 11 is 0. The molecular weight excluding hydrogens is 437 g/mol. The van der Waals surface area contributed by atoms with Gasteiger partial charge in [0.25, 0.3) is 0 Å². The minimum atomic E-state index is -0.411. The molecule has 1 aliphatic rings. The molecule has 0 saturated carbocycles. The van der Waals surface area contributed by atoms with Crippen LogP contribution in [0.3, 0.4) is 0 Å². The van der Waals surface area contributed by atoms with E-state index < -0.39 is 6.03 Å². The number of morpholine rings is 1. The van der Waals surface area contributed by atoms with Crippen LogP contribution in [0, 0.1) is 5.82 Å². The highest BCUT2D eigenvalue weighted by atomic mass is 19.1. The van der Waals surface area contributed by atoms with E-state index >= 15 is 0 Å². The Labute approximate surface area is 195 Å². The van der Waals surface area contributed by atoms with Gasteiger partial charge in [0.1, 0.15) is 23.1 Å². The van der Waals surface area contributed by atoms with Crippen LogP contribution in [-0.2, 0) is 4.74 Å². The summed E-state index contributed by atoms with van der Waals surface area (Å²) in [5.41, 5.74) is 3.15. The topological polar surface area (TPSA) is 108 Å². The number of fused-ring (bicyclic) bond motifs is 1. The lowest BCUT2D eigenvalue weighted by Crippen LogP contribution is -2.36. The molecule has 0 spiro atoms. The van der Waals surface area contributed by atoms with Crippen molar-refractivity contribution in [3.05, 3.63) is 66.2 Å². The Hall–Kier alpha value is -4.05. The van der Waals surface area contributed by atoms with Gasteiger partial charge in [0.2, 0.25) is 0 Å². The molecule has 0 aliphatic carbocycles. The molecule has 1 aromatic carbocycles. The molecule has 1 atom stereocenters. The van der Waals surface area contributed by atoms with E-state index in [2.05, 4.69) is 35.7 Å². The minimum Gasteiger partial charge on any atom is -0.378 e. The van der Waals surface area contributed by atoms with Gasteiger partial charge in [-0.15, -0.1) is 0 Å². The maximum Gasteiger partial charge on any atom is 0.320 e. The number of rotatable bonds is 5. The number of carbonyl (C=O) groups is 1. The van der Waals surface area contributed by atoms with E-state index in [1.165, 1.54) is 12.1 Å². The van der Waals surface area contributed by atoms with Gasteiger partial charge in [0, 0.05) is 42.5 Å². The Bertz CT molecular complexity index is 1290. The molecule has 1 unspecified atom stereocenters. The van der Waals surface area contributed by atoms with Crippen LogP contribution in [0.25, 0.3) is 22.2 Å². The fraction of sp³-hybridized carbons (Fsp3) is 0.250. The smallest absolute Gasteiger partial charge is 0.320 e. The van der Waals surface area contributed by atoms with Gasteiger partial charge >= 0.3 is 6.03 Å². The Kier molecular flexibility index (Phi) is 6.05. The number of pyridine rings is 2. The fourth-order valence-corrected chi connectivity index (χ4v) is 3.89. The Morgan fingerprint density at radius 3 is 2.65 bits per heavy atom. The minimum absolute atomic E-state index is 0.295. The summed E-state index contributed by atoms with van der Waals surface area (Å²) < 4.78 is 18.5. The summed E-state index contributed by atoms with van der Waals surface area (Å²) in [5.74, 6) is 0.977. The summed E-state index contributed by atoms with van der Waals surface area (Å²) in [5, 5.41) is 13.8. The zero-order valence-corrected chi connectivity index (χ0v) is 18.6. The van der Waals surface area contributed by atoms with Gasteiger partial charge in [-0.2, -0.15) is 5.10 Å². The van der Waals surface area contributed by atoms with E-state index in [4.69, 9.17) is 4.74 Å². The molecule has 5 rings (SSSR count). The van der Waals surface area contributed by atoms with Gasteiger partial charge in [0.15, 0.2) is 0 Å². The highest BCUT2D eigenvalue weighted by Gasteiger charge is 2.15. The zero-order valence-electron chi connectivity index (χ0n) is 18.6. The number of nitrogens with zero attached hydrogens (tertiary/aromatic N) is 4. The number of halogens is 1. The van der Waals surface area contributed by atoms with Crippen molar-refractivity contribution in [2.45, 2.75) is 13.0 Å². The number of hydrogen-bond donors (Lipinski definition) is 3. The van der Waals surface area contributed by atoms with Gasteiger partial charge in [0.05, 0.1) is 24.8 Å². The molecule has 4 aromatic rings. The van der Waals surface area contributed by atoms with Crippen LogP contribution in [-0.4, -0.2) is 52.5 Å². The Morgan fingerprint density at radius 1 is 1.12 bits per heavy atom. The largest absolute Gasteiger partial charge is 0.378 e. The number of aromatic amines is 1. The van der Waals surface area contributed by atoms with Crippen LogP contribution in [0.15, 0.2) is 54.9 Å². The Morgan fingerprint density at radius 2 is 1.91 bits per heavy atom. The van der Waals surface area contributed by atoms with E-state index in [-0.39, 0.29) is 11.9 Å². The van der Waals surface area contributed by atoms with Crippen LogP contribution >= 0.6 is 0 Å². The second-order valence-corrected chi connectivity index (χ2v) is 8.06. The highest BCUT2D eigenvalue weighted by Crippen LogP contribution is 2.27. The molecule has 1 aliphatic heterocycles. The van der Waals surface area contributed by atoms with Gasteiger partial charge in [-0.05, 0) is 36.8 Å². The third-order valence-electron chi connectivity index (χ3n) is 5.76. The normalized spacial score (nSPS) is 14.7. The standard InChI is InChI=1S/C24H24FN7O2/c1-15(16-2-5-18(25)6-3-16)28-24(33)29-21-12-20-19(14-26-21)23(31-30-20)17-4-7-22(27-13-17)32-8-10-34-11-9-32/h2-7,12-15H,8-11H2,1H3,(H,30,31)(H2,26,28,29,33). The van der Waals surface area contributed by atoms with Crippen molar-refractivity contribution >= 4 is 28.6 Å². The second-order valence-electron chi connectivity index (χ2n) is 8.06. The first-order chi connectivity index (χ1) is 16.6. The van der Waals surface area contributed by atoms with Crippen molar-refractivity contribution in [3.63, 3.8) is 0 Å². The van der Waals surface area contributed by atoms with E-state index in [1.807, 2.05) is 19.1 Å². The third-order valence-corrected chi connectivity index (χ3v) is 5.76. The predicted molar refractivity (Wildman–Crippen MR) is 127 cm³/mol. The molecule has 1 fully saturated rings. The molecule has 174 valence electrons. The summed E-state index contributed by atoms with van der Waals surface area (Å²) in [6, 6.07) is 11.0. The molecule has 34 heavy (non-hydrogen) atoms. The van der Waals surface area contributed by atoms with Crippen LogP contribution in [0.4, 0.5) is 20.8 Å². The van der Waals surface area contributed by atoms with Gasteiger partial charge < -0.3 is 15.0 Å². The number of hydrogen-bond acceptors (Lipinski definition) is 6. The number of benzene rings is 1. The van der Waals surface area contributed by atoms with Gasteiger partial charge in [-0.25, -0.2) is 19.2 Å². The van der Waals surface area contributed by atoms with Gasteiger partial charge in [-0.3, -0.25) is 10.4 Å². The molecule has 3 aromatic heterocycles. The van der Waals surface area contributed by atoms with Crippen molar-refractivity contribution in [2.24, 2.45) is 0 Å². The van der Waals surface area contributed by atoms with E-state index in [0.717, 1.165) is 46.6 Å². The molecule has 0 bridgehead atoms. The average molecular weight is 462 g/mol. The summed E-state index contributed by atoms with van der Waals surface area (Å²) in [4.78, 5) is 23.6. The number of carbonyl (C=O) groups excluding carboxylic acids is 1. The molecule has 3 N–H and O–H groups in total. The van der Waals surface area contributed by atoms with Crippen molar-refractivity contribution < 1.29 is 13.9 Å². The molecule has 0 radical (unpaired) electrons. The molecule has 9 nitrogen and oxygen atoms in total. The SMILES string of the molecule is CC(NC(=O)Nc1cc2[nH]nc(-c3ccc(N4CCOCC4)nc3)c2cn1)c1ccc(F)cc1. The molecule has 10 heteroatoms. The number of anilines is 2. The number of aromatic nitrogens is 4. The lowest BCUT2D eigenvalue weighted by Gasteiger charge is -2.27. The first-order valence-electron chi connectivity index (χ1n) is 11.0. The molecule has 4 heterocycles. The van der Waals surface area contributed by atoms with Gasteiger partial charge in [-0.1, -0.05) is 12.1 Å². The van der Waals surface area contributed by atoms with Crippen LogP contribution in [0.2, 0.25) is 0 Å². The third kappa shape index (κ3) is 4.67. The maximum atomic E-state index is 13.1. The monoisotopic (exact) mass is 461 g/mol. The summed E-state index contributed by atoms with van der Waals surface area (Å²) in [6.45, 7) is 4.89. The lowest BCUT2D eigenvalue weighted by molar-refractivity contribution is 0.122. The van der Waals surface area contributed by atoms with Crippen molar-refractivity contribution in [1.82, 2.24) is 25.5 Å². The fourth-order valence-electron chi connectivity index (χ4n) is 3.89. The first-order valence-corrected chi connectivity index (χ1v) is 11.0. The van der Waals surface area contributed by atoms with Crippen molar-refractivity contribution in [1.29, 1.82) is 0 Å². The summed E-state index contributed by atoms with van der Waals surface area (Å²) in [7, 11) is 0. The van der Waals surface area contributed by atoms with E-state index in [1.54, 1.807) is 30.6 Å². The average Bonchev–Trinajstić information content (AvgIpc) is 3.28. The number of ether oxygens (including phenoxy) is 1. The second kappa shape index (κ2) is 9.44. The molecule has 2 amide bonds. The number of amides is 2. The molecular formula is C24H24FN7O2.